The lowest BCUT2D eigenvalue weighted by atomic mass is 10.2. The summed E-state index contributed by atoms with van der Waals surface area (Å²) in [6.07, 6.45) is 1.51. The van der Waals surface area contributed by atoms with Gasteiger partial charge >= 0.3 is 0 Å². The molecule has 0 radical (unpaired) electrons. The fraction of sp³-hybridized carbons (Fsp3) is 0.462. The quantitative estimate of drug-likeness (QED) is 0.822. The zero-order chi connectivity index (χ0) is 13.0. The molecule has 4 nitrogen and oxygen atoms in total. The molecular formula is C13H19ClN2O2S. The Morgan fingerprint density at radius 2 is 1.95 bits per heavy atom. The van der Waals surface area contributed by atoms with Crippen LogP contribution in [0.5, 0.6) is 0 Å². The second-order valence-corrected chi connectivity index (χ2v) is 6.26. The molecule has 0 spiro atoms. The van der Waals surface area contributed by atoms with E-state index in [1.165, 1.54) is 0 Å². The minimum atomic E-state index is -0.949. The SMILES string of the molecule is Cl.NC1(C(=O)NCCS(=O)Cc2ccccc2)CC1. The van der Waals surface area contributed by atoms with E-state index in [0.717, 1.165) is 18.4 Å². The second kappa shape index (κ2) is 7.03. The van der Waals surface area contributed by atoms with Gasteiger partial charge in [0, 0.05) is 28.9 Å². The number of hydrogen-bond donors (Lipinski definition) is 2. The molecule has 0 saturated heterocycles. The van der Waals surface area contributed by atoms with Crippen LogP contribution < -0.4 is 11.1 Å². The molecule has 0 aliphatic heterocycles. The number of carbonyl (C=O) groups excluding carboxylic acids is 1. The molecule has 1 aliphatic rings. The molecule has 3 N–H and O–H groups in total. The van der Waals surface area contributed by atoms with Crippen LogP contribution in [0.1, 0.15) is 18.4 Å². The smallest absolute Gasteiger partial charge is 0.240 e. The Morgan fingerprint density at radius 3 is 2.53 bits per heavy atom. The van der Waals surface area contributed by atoms with Crippen molar-refractivity contribution in [2.75, 3.05) is 12.3 Å². The molecule has 1 aromatic rings. The Balaban J connectivity index is 0.00000180. The molecule has 1 amide bonds. The average molecular weight is 303 g/mol. The minimum Gasteiger partial charge on any atom is -0.354 e. The Hall–Kier alpha value is -0.910. The van der Waals surface area contributed by atoms with Crippen LogP contribution in [0.4, 0.5) is 0 Å². The van der Waals surface area contributed by atoms with E-state index in [9.17, 15) is 9.00 Å². The number of hydrogen-bond acceptors (Lipinski definition) is 3. The molecule has 0 heterocycles. The van der Waals surface area contributed by atoms with Crippen molar-refractivity contribution in [3.8, 4) is 0 Å². The maximum atomic E-state index is 11.8. The zero-order valence-corrected chi connectivity index (χ0v) is 12.3. The normalized spacial score (nSPS) is 17.1. The first kappa shape index (κ1) is 16.1. The van der Waals surface area contributed by atoms with Crippen molar-refractivity contribution >= 4 is 29.1 Å². The van der Waals surface area contributed by atoms with Gasteiger partial charge in [0.25, 0.3) is 0 Å². The van der Waals surface area contributed by atoms with Crippen LogP contribution in [0.25, 0.3) is 0 Å². The third-order valence-corrected chi connectivity index (χ3v) is 4.34. The standard InChI is InChI=1S/C13H18N2O2S.ClH/c14-13(6-7-13)12(16)15-8-9-18(17)10-11-4-2-1-3-5-11;/h1-5H,6-10,14H2,(H,15,16);1H. The Labute approximate surface area is 122 Å². The summed E-state index contributed by atoms with van der Waals surface area (Å²) in [7, 11) is -0.949. The van der Waals surface area contributed by atoms with E-state index in [0.29, 0.717) is 18.1 Å². The van der Waals surface area contributed by atoms with Crippen molar-refractivity contribution in [3.05, 3.63) is 35.9 Å². The van der Waals surface area contributed by atoms with Gasteiger partial charge in [0.05, 0.1) is 5.54 Å². The fourth-order valence-electron chi connectivity index (χ4n) is 1.65. The molecule has 1 saturated carbocycles. The van der Waals surface area contributed by atoms with Crippen LogP contribution in [-0.2, 0) is 21.3 Å². The molecule has 106 valence electrons. The molecule has 6 heteroatoms. The summed E-state index contributed by atoms with van der Waals surface area (Å²) in [5.41, 5.74) is 6.16. The highest BCUT2D eigenvalue weighted by molar-refractivity contribution is 7.84. The summed E-state index contributed by atoms with van der Waals surface area (Å²) in [5.74, 6) is 0.889. The van der Waals surface area contributed by atoms with E-state index in [-0.39, 0.29) is 18.3 Å². The largest absolute Gasteiger partial charge is 0.354 e. The lowest BCUT2D eigenvalue weighted by Gasteiger charge is -2.09. The molecule has 1 atom stereocenters. The van der Waals surface area contributed by atoms with Crippen molar-refractivity contribution in [2.24, 2.45) is 5.73 Å². The maximum absolute atomic E-state index is 11.8. The predicted octanol–water partition coefficient (Wildman–Crippen LogP) is 0.965. The topological polar surface area (TPSA) is 72.2 Å². The van der Waals surface area contributed by atoms with Gasteiger partial charge in [0.15, 0.2) is 0 Å². The fourth-order valence-corrected chi connectivity index (χ4v) is 2.69. The van der Waals surface area contributed by atoms with Crippen molar-refractivity contribution in [3.63, 3.8) is 0 Å². The second-order valence-electron chi connectivity index (χ2n) is 4.69. The number of benzene rings is 1. The number of carbonyl (C=O) groups is 1. The Bertz CT molecular complexity index is 449. The van der Waals surface area contributed by atoms with Crippen LogP contribution in [0.2, 0.25) is 0 Å². The highest BCUT2D eigenvalue weighted by Crippen LogP contribution is 2.31. The molecule has 1 unspecified atom stereocenters. The van der Waals surface area contributed by atoms with Crippen molar-refractivity contribution in [1.29, 1.82) is 0 Å². The lowest BCUT2D eigenvalue weighted by Crippen LogP contribution is -2.43. The zero-order valence-electron chi connectivity index (χ0n) is 10.6. The summed E-state index contributed by atoms with van der Waals surface area (Å²) in [6.45, 7) is 0.428. The number of nitrogens with two attached hydrogens (primary N) is 1. The summed E-state index contributed by atoms with van der Waals surface area (Å²) in [6, 6.07) is 9.70. The van der Waals surface area contributed by atoms with E-state index >= 15 is 0 Å². The number of halogens is 1. The summed E-state index contributed by atoms with van der Waals surface area (Å²) >= 11 is 0. The number of nitrogens with one attached hydrogen (secondary N) is 1. The molecule has 2 rings (SSSR count). The van der Waals surface area contributed by atoms with Gasteiger partial charge < -0.3 is 11.1 Å². The Morgan fingerprint density at radius 1 is 1.32 bits per heavy atom. The van der Waals surface area contributed by atoms with Gasteiger partial charge in [-0.05, 0) is 18.4 Å². The first-order chi connectivity index (χ1) is 8.60. The molecule has 1 aromatic carbocycles. The van der Waals surface area contributed by atoms with Crippen LogP contribution in [0.15, 0.2) is 30.3 Å². The third kappa shape index (κ3) is 4.93. The van der Waals surface area contributed by atoms with Crippen molar-refractivity contribution < 1.29 is 9.00 Å². The third-order valence-electron chi connectivity index (χ3n) is 3.03. The van der Waals surface area contributed by atoms with E-state index < -0.39 is 16.3 Å². The minimum absolute atomic E-state index is 0. The van der Waals surface area contributed by atoms with Crippen LogP contribution in [0, 0.1) is 0 Å². The highest BCUT2D eigenvalue weighted by Gasteiger charge is 2.45. The van der Waals surface area contributed by atoms with Gasteiger partial charge in [-0.1, -0.05) is 30.3 Å². The first-order valence-electron chi connectivity index (χ1n) is 6.06. The van der Waals surface area contributed by atoms with Gasteiger partial charge in [0.2, 0.25) is 5.91 Å². The molecule has 0 bridgehead atoms. The maximum Gasteiger partial charge on any atom is 0.240 e. The van der Waals surface area contributed by atoms with Crippen molar-refractivity contribution in [2.45, 2.75) is 24.1 Å². The van der Waals surface area contributed by atoms with Crippen LogP contribution >= 0.6 is 12.4 Å². The average Bonchev–Trinajstić information content (AvgIpc) is 3.10. The van der Waals surface area contributed by atoms with E-state index in [2.05, 4.69) is 5.32 Å². The molecule has 19 heavy (non-hydrogen) atoms. The summed E-state index contributed by atoms with van der Waals surface area (Å²) < 4.78 is 11.8. The van der Waals surface area contributed by atoms with Gasteiger partial charge in [-0.2, -0.15) is 0 Å². The summed E-state index contributed by atoms with van der Waals surface area (Å²) in [5, 5.41) is 2.74. The number of rotatable bonds is 6. The summed E-state index contributed by atoms with van der Waals surface area (Å²) in [4.78, 5) is 11.5. The number of amides is 1. The first-order valence-corrected chi connectivity index (χ1v) is 7.55. The van der Waals surface area contributed by atoms with Crippen LogP contribution in [0.3, 0.4) is 0 Å². The Kier molecular flexibility index (Phi) is 5.97. The van der Waals surface area contributed by atoms with Gasteiger partial charge in [-0.15, -0.1) is 12.4 Å². The van der Waals surface area contributed by atoms with Crippen LogP contribution in [-0.4, -0.2) is 28.0 Å². The van der Waals surface area contributed by atoms with Crippen molar-refractivity contribution in [1.82, 2.24) is 5.32 Å². The van der Waals surface area contributed by atoms with E-state index in [4.69, 9.17) is 5.73 Å². The molecular weight excluding hydrogens is 284 g/mol. The van der Waals surface area contributed by atoms with Gasteiger partial charge in [-0.25, -0.2) is 0 Å². The van der Waals surface area contributed by atoms with Gasteiger partial charge in [-0.3, -0.25) is 9.00 Å². The predicted molar refractivity (Wildman–Crippen MR) is 79.6 cm³/mol. The lowest BCUT2D eigenvalue weighted by molar-refractivity contribution is -0.123. The van der Waals surface area contributed by atoms with E-state index in [1.807, 2.05) is 30.3 Å². The highest BCUT2D eigenvalue weighted by atomic mass is 35.5. The van der Waals surface area contributed by atoms with E-state index in [1.54, 1.807) is 0 Å². The molecule has 1 fully saturated rings. The molecule has 0 aromatic heterocycles. The molecule has 1 aliphatic carbocycles. The van der Waals surface area contributed by atoms with Gasteiger partial charge in [0.1, 0.15) is 0 Å². The monoisotopic (exact) mass is 302 g/mol.